The molecule has 2 aromatic heterocycles. The number of likely N-dealkylation sites (tertiary alicyclic amines) is 1. The lowest BCUT2D eigenvalue weighted by Crippen LogP contribution is -2.40. The number of benzene rings is 1. The van der Waals surface area contributed by atoms with Crippen molar-refractivity contribution in [3.8, 4) is 0 Å². The monoisotopic (exact) mass is 396 g/mol. The van der Waals surface area contributed by atoms with Gasteiger partial charge in [0, 0.05) is 29.4 Å². The number of carbonyl (C=O) groups is 1. The fraction of sp³-hybridized carbons (Fsp3) is 0.478. The van der Waals surface area contributed by atoms with Gasteiger partial charge in [0.15, 0.2) is 0 Å². The Labute approximate surface area is 169 Å². The second-order valence-electron chi connectivity index (χ2n) is 8.03. The largest absolute Gasteiger partial charge is 0.461 e. The van der Waals surface area contributed by atoms with Crippen LogP contribution in [0.1, 0.15) is 42.2 Å². The van der Waals surface area contributed by atoms with E-state index >= 15 is 0 Å². The summed E-state index contributed by atoms with van der Waals surface area (Å²) < 4.78 is 11.3. The van der Waals surface area contributed by atoms with E-state index in [-0.39, 0.29) is 12.3 Å². The van der Waals surface area contributed by atoms with Crippen molar-refractivity contribution in [2.24, 2.45) is 0 Å². The quantitative estimate of drug-likeness (QED) is 0.667. The molecule has 1 aromatic carbocycles. The number of likely N-dealkylation sites (N-methyl/N-ethyl adjacent to an activating group) is 1. The molecule has 29 heavy (non-hydrogen) atoms. The van der Waals surface area contributed by atoms with Gasteiger partial charge in [0.2, 0.25) is 5.91 Å². The third-order valence-corrected chi connectivity index (χ3v) is 6.36. The molecule has 0 radical (unpaired) electrons. The van der Waals surface area contributed by atoms with Gasteiger partial charge in [-0.3, -0.25) is 9.69 Å². The summed E-state index contributed by atoms with van der Waals surface area (Å²) >= 11 is 0. The maximum absolute atomic E-state index is 12.6. The van der Waals surface area contributed by atoms with E-state index < -0.39 is 5.63 Å². The van der Waals surface area contributed by atoms with Crippen LogP contribution in [0.5, 0.6) is 0 Å². The van der Waals surface area contributed by atoms with Crippen LogP contribution in [0.3, 0.4) is 0 Å². The zero-order valence-corrected chi connectivity index (χ0v) is 17.6. The summed E-state index contributed by atoms with van der Waals surface area (Å²) in [6, 6.07) is 4.15. The zero-order valence-electron chi connectivity index (χ0n) is 17.6. The number of aryl methyl sites for hydroxylation is 3. The summed E-state index contributed by atoms with van der Waals surface area (Å²) in [5.74, 6) is 0.710. The van der Waals surface area contributed by atoms with Crippen LogP contribution >= 0.6 is 0 Å². The minimum atomic E-state index is -0.458. The molecule has 1 amide bonds. The minimum Gasteiger partial charge on any atom is -0.461 e. The standard InChI is InChI=1S/C23H28N2O4/c1-5-25-8-6-7-16(25)12-24-22(26)10-19-14(3)18-9-17-13(2)15(4)28-20(17)11-21(18)29-23(19)27/h9,11,16H,5-8,10,12H2,1-4H3,(H,24,26)/t16-/m1/s1. The molecular weight excluding hydrogens is 368 g/mol. The molecule has 0 bridgehead atoms. The van der Waals surface area contributed by atoms with Crippen molar-refractivity contribution in [2.45, 2.75) is 53.0 Å². The second kappa shape index (κ2) is 7.67. The number of nitrogens with zero attached hydrogens (tertiary/aromatic N) is 1. The molecule has 154 valence electrons. The van der Waals surface area contributed by atoms with Crippen LogP contribution in [-0.2, 0) is 11.2 Å². The Morgan fingerprint density at radius 3 is 2.62 bits per heavy atom. The summed E-state index contributed by atoms with van der Waals surface area (Å²) in [7, 11) is 0. The van der Waals surface area contributed by atoms with E-state index in [0.29, 0.717) is 29.3 Å². The molecule has 1 saturated heterocycles. The third-order valence-electron chi connectivity index (χ3n) is 6.36. The Hall–Kier alpha value is -2.60. The summed E-state index contributed by atoms with van der Waals surface area (Å²) in [5.41, 5.74) is 3.03. The molecular formula is C23H28N2O4. The second-order valence-corrected chi connectivity index (χ2v) is 8.03. The lowest BCUT2D eigenvalue weighted by molar-refractivity contribution is -0.120. The van der Waals surface area contributed by atoms with Crippen molar-refractivity contribution in [3.63, 3.8) is 0 Å². The number of hydrogen-bond donors (Lipinski definition) is 1. The lowest BCUT2D eigenvalue weighted by Gasteiger charge is -2.22. The highest BCUT2D eigenvalue weighted by molar-refractivity contribution is 5.97. The van der Waals surface area contributed by atoms with Crippen LogP contribution in [0.2, 0.25) is 0 Å². The molecule has 1 aliphatic heterocycles. The predicted molar refractivity (Wildman–Crippen MR) is 113 cm³/mol. The van der Waals surface area contributed by atoms with Crippen molar-refractivity contribution in [1.29, 1.82) is 0 Å². The SMILES string of the molecule is CCN1CCC[C@@H]1CNC(=O)Cc1c(C)c2cc3c(C)c(C)oc3cc2oc1=O. The van der Waals surface area contributed by atoms with Crippen molar-refractivity contribution in [3.05, 3.63) is 45.0 Å². The molecule has 3 heterocycles. The maximum Gasteiger partial charge on any atom is 0.340 e. The van der Waals surface area contributed by atoms with Crippen LogP contribution in [0.25, 0.3) is 21.9 Å². The molecule has 1 atom stereocenters. The first-order chi connectivity index (χ1) is 13.9. The Balaban J connectivity index is 1.59. The van der Waals surface area contributed by atoms with Crippen LogP contribution in [0.15, 0.2) is 25.8 Å². The Morgan fingerprint density at radius 2 is 1.86 bits per heavy atom. The van der Waals surface area contributed by atoms with Crippen molar-refractivity contribution < 1.29 is 13.6 Å². The van der Waals surface area contributed by atoms with Gasteiger partial charge in [0.1, 0.15) is 16.9 Å². The normalized spacial score (nSPS) is 17.4. The van der Waals surface area contributed by atoms with Gasteiger partial charge in [0.05, 0.1) is 12.0 Å². The van der Waals surface area contributed by atoms with Gasteiger partial charge in [-0.15, -0.1) is 0 Å². The smallest absolute Gasteiger partial charge is 0.340 e. The fourth-order valence-electron chi connectivity index (χ4n) is 4.43. The fourth-order valence-corrected chi connectivity index (χ4v) is 4.43. The van der Waals surface area contributed by atoms with Gasteiger partial charge in [-0.05, 0) is 63.9 Å². The molecule has 6 heteroatoms. The van der Waals surface area contributed by atoms with E-state index in [1.54, 1.807) is 6.07 Å². The van der Waals surface area contributed by atoms with E-state index in [2.05, 4.69) is 17.1 Å². The number of hydrogen-bond acceptors (Lipinski definition) is 5. The number of rotatable bonds is 5. The van der Waals surface area contributed by atoms with Gasteiger partial charge >= 0.3 is 5.63 Å². The molecule has 0 unspecified atom stereocenters. The third kappa shape index (κ3) is 3.57. The van der Waals surface area contributed by atoms with Gasteiger partial charge in [-0.1, -0.05) is 6.92 Å². The molecule has 1 fully saturated rings. The first kappa shape index (κ1) is 19.7. The minimum absolute atomic E-state index is 0.0321. The van der Waals surface area contributed by atoms with Crippen molar-refractivity contribution in [2.75, 3.05) is 19.6 Å². The molecule has 1 N–H and O–H groups in total. The number of furan rings is 1. The van der Waals surface area contributed by atoms with E-state index in [9.17, 15) is 9.59 Å². The average Bonchev–Trinajstić information content (AvgIpc) is 3.26. The van der Waals surface area contributed by atoms with Crippen molar-refractivity contribution >= 4 is 27.8 Å². The number of nitrogens with one attached hydrogen (secondary N) is 1. The summed E-state index contributed by atoms with van der Waals surface area (Å²) in [6.45, 7) is 10.7. The van der Waals surface area contributed by atoms with E-state index in [4.69, 9.17) is 8.83 Å². The van der Waals surface area contributed by atoms with E-state index in [1.165, 1.54) is 6.42 Å². The molecule has 1 aliphatic rings. The molecule has 4 rings (SSSR count). The van der Waals surface area contributed by atoms with Gasteiger partial charge in [-0.2, -0.15) is 0 Å². The molecule has 6 nitrogen and oxygen atoms in total. The first-order valence-electron chi connectivity index (χ1n) is 10.4. The van der Waals surface area contributed by atoms with Crippen molar-refractivity contribution in [1.82, 2.24) is 10.2 Å². The Bertz CT molecular complexity index is 1140. The first-order valence-corrected chi connectivity index (χ1v) is 10.4. The lowest BCUT2D eigenvalue weighted by atomic mass is 10.0. The molecule has 0 spiro atoms. The summed E-state index contributed by atoms with van der Waals surface area (Å²) in [5, 5.41) is 4.85. The predicted octanol–water partition coefficient (Wildman–Crippen LogP) is 3.61. The highest BCUT2D eigenvalue weighted by Gasteiger charge is 2.24. The zero-order chi connectivity index (χ0) is 20.7. The van der Waals surface area contributed by atoms with Crippen LogP contribution < -0.4 is 10.9 Å². The number of amides is 1. The highest BCUT2D eigenvalue weighted by Crippen LogP contribution is 2.31. The topological polar surface area (TPSA) is 75.7 Å². The van der Waals surface area contributed by atoms with Gasteiger partial charge < -0.3 is 14.2 Å². The molecule has 0 saturated carbocycles. The molecule has 0 aliphatic carbocycles. The summed E-state index contributed by atoms with van der Waals surface area (Å²) in [4.78, 5) is 27.5. The Kier molecular flexibility index (Phi) is 5.21. The van der Waals surface area contributed by atoms with Crippen LogP contribution in [0, 0.1) is 20.8 Å². The number of carbonyl (C=O) groups excluding carboxylic acids is 1. The molecule has 3 aromatic rings. The van der Waals surface area contributed by atoms with E-state index in [0.717, 1.165) is 47.2 Å². The van der Waals surface area contributed by atoms with Crippen LogP contribution in [0.4, 0.5) is 0 Å². The summed E-state index contributed by atoms with van der Waals surface area (Å²) in [6.07, 6.45) is 2.30. The van der Waals surface area contributed by atoms with E-state index in [1.807, 2.05) is 26.8 Å². The van der Waals surface area contributed by atoms with Gasteiger partial charge in [-0.25, -0.2) is 4.79 Å². The number of fused-ring (bicyclic) bond motifs is 2. The highest BCUT2D eigenvalue weighted by atomic mass is 16.4. The Morgan fingerprint density at radius 1 is 1.14 bits per heavy atom. The maximum atomic E-state index is 12.6. The average molecular weight is 396 g/mol. The van der Waals surface area contributed by atoms with Crippen LogP contribution in [-0.4, -0.2) is 36.5 Å². The van der Waals surface area contributed by atoms with Gasteiger partial charge in [0.25, 0.3) is 0 Å².